The zero-order chi connectivity index (χ0) is 16.0. The summed E-state index contributed by atoms with van der Waals surface area (Å²) in [5.41, 5.74) is 3.39. The molecular weight excluding hydrogens is 336 g/mol. The van der Waals surface area contributed by atoms with E-state index in [0.717, 1.165) is 41.3 Å². The minimum atomic E-state index is -0.275. The summed E-state index contributed by atoms with van der Waals surface area (Å²) in [4.78, 5) is 0. The molecule has 0 amide bonds. The quantitative estimate of drug-likeness (QED) is 0.710. The van der Waals surface area contributed by atoms with Gasteiger partial charge in [-0.05, 0) is 36.8 Å². The average Bonchev–Trinajstić information content (AvgIpc) is 3.07. The Labute approximate surface area is 142 Å². The van der Waals surface area contributed by atoms with Crippen LogP contribution >= 0.6 is 23.2 Å². The number of nitrogens with zero attached hydrogens (tertiary/aromatic N) is 2. The van der Waals surface area contributed by atoms with Crippen LogP contribution in [0, 0.1) is 5.82 Å². The minimum Gasteiger partial charge on any atom is -0.369 e. The smallest absolute Gasteiger partial charge is 0.133 e. The van der Waals surface area contributed by atoms with Gasteiger partial charge in [0.2, 0.25) is 0 Å². The SMILES string of the molecule is Fc1cccc(-c2nn(-c3cc(Cl)cc(Cl)c3)c3c2CCN3)c1. The fourth-order valence-corrected chi connectivity index (χ4v) is 3.41. The molecule has 3 nitrogen and oxygen atoms in total. The molecule has 0 saturated carbocycles. The Morgan fingerprint density at radius 2 is 1.87 bits per heavy atom. The summed E-state index contributed by atoms with van der Waals surface area (Å²) < 4.78 is 15.3. The van der Waals surface area contributed by atoms with Gasteiger partial charge in [-0.2, -0.15) is 5.10 Å². The first-order valence-corrected chi connectivity index (χ1v) is 7.95. The van der Waals surface area contributed by atoms with E-state index in [1.807, 2.05) is 6.07 Å². The fraction of sp³-hybridized carbons (Fsp3) is 0.118. The van der Waals surface area contributed by atoms with Gasteiger partial charge in [-0.1, -0.05) is 35.3 Å². The zero-order valence-electron chi connectivity index (χ0n) is 12.0. The van der Waals surface area contributed by atoms with Gasteiger partial charge in [0.25, 0.3) is 0 Å². The lowest BCUT2D eigenvalue weighted by Crippen LogP contribution is -2.04. The van der Waals surface area contributed by atoms with Crippen molar-refractivity contribution in [3.05, 3.63) is 63.9 Å². The predicted molar refractivity (Wildman–Crippen MR) is 91.2 cm³/mol. The molecule has 0 aliphatic carbocycles. The molecule has 0 bridgehead atoms. The van der Waals surface area contributed by atoms with Gasteiger partial charge in [-0.15, -0.1) is 0 Å². The standard InChI is InChI=1S/C17H12Cl2FN3/c18-11-7-12(19)9-14(8-11)23-17-15(4-5-21-17)16(22-23)10-2-1-3-13(20)6-10/h1-3,6-9,21H,4-5H2. The Morgan fingerprint density at radius 1 is 1.09 bits per heavy atom. The largest absolute Gasteiger partial charge is 0.369 e. The molecule has 116 valence electrons. The van der Waals surface area contributed by atoms with Crippen LogP contribution < -0.4 is 5.32 Å². The molecule has 1 aromatic heterocycles. The maximum absolute atomic E-state index is 13.6. The third kappa shape index (κ3) is 2.58. The summed E-state index contributed by atoms with van der Waals surface area (Å²) >= 11 is 12.2. The van der Waals surface area contributed by atoms with Gasteiger partial charge in [0.15, 0.2) is 0 Å². The Kier molecular flexibility index (Phi) is 3.51. The van der Waals surface area contributed by atoms with E-state index < -0.39 is 0 Å². The van der Waals surface area contributed by atoms with Crippen LogP contribution in [0.5, 0.6) is 0 Å². The number of nitrogens with one attached hydrogen (secondary N) is 1. The molecule has 0 fully saturated rings. The van der Waals surface area contributed by atoms with E-state index in [1.54, 1.807) is 28.9 Å². The molecule has 2 aromatic carbocycles. The number of hydrogen-bond acceptors (Lipinski definition) is 2. The normalized spacial score (nSPS) is 13.0. The van der Waals surface area contributed by atoms with Crippen LogP contribution in [0.2, 0.25) is 10.0 Å². The number of anilines is 1. The van der Waals surface area contributed by atoms with Gasteiger partial charge in [-0.25, -0.2) is 9.07 Å². The van der Waals surface area contributed by atoms with Crippen LogP contribution in [-0.2, 0) is 6.42 Å². The number of halogens is 3. The molecule has 0 unspecified atom stereocenters. The van der Waals surface area contributed by atoms with Crippen LogP contribution in [-0.4, -0.2) is 16.3 Å². The van der Waals surface area contributed by atoms with Crippen molar-refractivity contribution >= 4 is 29.0 Å². The van der Waals surface area contributed by atoms with E-state index in [0.29, 0.717) is 10.0 Å². The van der Waals surface area contributed by atoms with Crippen molar-refractivity contribution < 1.29 is 4.39 Å². The van der Waals surface area contributed by atoms with Crippen molar-refractivity contribution in [3.8, 4) is 16.9 Å². The van der Waals surface area contributed by atoms with Crippen molar-refractivity contribution in [3.63, 3.8) is 0 Å². The molecule has 0 atom stereocenters. The van der Waals surface area contributed by atoms with E-state index in [-0.39, 0.29) is 5.82 Å². The van der Waals surface area contributed by atoms with Crippen molar-refractivity contribution in [1.29, 1.82) is 0 Å². The summed E-state index contributed by atoms with van der Waals surface area (Å²) in [7, 11) is 0. The van der Waals surface area contributed by atoms with Crippen LogP contribution in [0.1, 0.15) is 5.56 Å². The van der Waals surface area contributed by atoms with Crippen molar-refractivity contribution in [2.75, 3.05) is 11.9 Å². The average molecular weight is 348 g/mol. The van der Waals surface area contributed by atoms with Gasteiger partial charge in [0.1, 0.15) is 11.6 Å². The van der Waals surface area contributed by atoms with Gasteiger partial charge in [0, 0.05) is 27.7 Å². The molecule has 1 aliphatic rings. The summed E-state index contributed by atoms with van der Waals surface area (Å²) in [5, 5.41) is 9.08. The lowest BCUT2D eigenvalue weighted by molar-refractivity contribution is 0.628. The van der Waals surface area contributed by atoms with E-state index in [9.17, 15) is 4.39 Å². The highest BCUT2D eigenvalue weighted by Gasteiger charge is 2.24. The summed E-state index contributed by atoms with van der Waals surface area (Å²) in [6.07, 6.45) is 0.843. The summed E-state index contributed by atoms with van der Waals surface area (Å²) in [6.45, 7) is 0.823. The third-order valence-electron chi connectivity index (χ3n) is 3.84. The maximum atomic E-state index is 13.6. The first-order valence-electron chi connectivity index (χ1n) is 7.20. The second-order valence-electron chi connectivity index (χ2n) is 5.40. The molecular formula is C17H12Cl2FN3. The Balaban J connectivity index is 1.91. The molecule has 4 rings (SSSR count). The molecule has 0 radical (unpaired) electrons. The second-order valence-corrected chi connectivity index (χ2v) is 6.28. The van der Waals surface area contributed by atoms with Crippen LogP contribution in [0.15, 0.2) is 42.5 Å². The summed E-state index contributed by atoms with van der Waals surface area (Å²) in [5.74, 6) is 0.630. The Hall–Kier alpha value is -2.04. The lowest BCUT2D eigenvalue weighted by Gasteiger charge is -2.07. The molecule has 23 heavy (non-hydrogen) atoms. The molecule has 1 N–H and O–H groups in total. The maximum Gasteiger partial charge on any atom is 0.133 e. The first kappa shape index (κ1) is 14.5. The highest BCUT2D eigenvalue weighted by Crippen LogP contribution is 2.35. The number of rotatable bonds is 2. The molecule has 6 heteroatoms. The summed E-state index contributed by atoms with van der Waals surface area (Å²) in [6, 6.07) is 11.8. The first-order chi connectivity index (χ1) is 11.1. The zero-order valence-corrected chi connectivity index (χ0v) is 13.5. The van der Waals surface area contributed by atoms with Crippen molar-refractivity contribution in [1.82, 2.24) is 9.78 Å². The predicted octanol–water partition coefficient (Wildman–Crippen LogP) is 4.95. The monoisotopic (exact) mass is 347 g/mol. The number of aromatic nitrogens is 2. The highest BCUT2D eigenvalue weighted by molar-refractivity contribution is 6.34. The number of benzene rings is 2. The van der Waals surface area contributed by atoms with Gasteiger partial charge >= 0.3 is 0 Å². The molecule has 0 spiro atoms. The Morgan fingerprint density at radius 3 is 2.61 bits per heavy atom. The Bertz CT molecular complexity index is 885. The highest BCUT2D eigenvalue weighted by atomic mass is 35.5. The van der Waals surface area contributed by atoms with Gasteiger partial charge in [-0.3, -0.25) is 0 Å². The number of hydrogen-bond donors (Lipinski definition) is 1. The topological polar surface area (TPSA) is 29.9 Å². The number of fused-ring (bicyclic) bond motifs is 1. The minimum absolute atomic E-state index is 0.275. The lowest BCUT2D eigenvalue weighted by atomic mass is 10.1. The van der Waals surface area contributed by atoms with Gasteiger partial charge in [0.05, 0.1) is 11.4 Å². The third-order valence-corrected chi connectivity index (χ3v) is 4.28. The molecule has 0 saturated heterocycles. The van der Waals surface area contributed by atoms with E-state index in [2.05, 4.69) is 10.4 Å². The van der Waals surface area contributed by atoms with Crippen molar-refractivity contribution in [2.45, 2.75) is 6.42 Å². The van der Waals surface area contributed by atoms with E-state index in [1.165, 1.54) is 12.1 Å². The molecule has 2 heterocycles. The molecule has 3 aromatic rings. The molecule has 1 aliphatic heterocycles. The fourth-order valence-electron chi connectivity index (χ4n) is 2.89. The van der Waals surface area contributed by atoms with Gasteiger partial charge < -0.3 is 5.32 Å². The van der Waals surface area contributed by atoms with Crippen LogP contribution in [0.25, 0.3) is 16.9 Å². The van der Waals surface area contributed by atoms with Crippen molar-refractivity contribution in [2.24, 2.45) is 0 Å². The van der Waals surface area contributed by atoms with E-state index in [4.69, 9.17) is 23.2 Å². The second kappa shape index (κ2) is 5.55. The van der Waals surface area contributed by atoms with Crippen LogP contribution in [0.4, 0.5) is 10.2 Å². The van der Waals surface area contributed by atoms with Crippen LogP contribution in [0.3, 0.4) is 0 Å². The van der Waals surface area contributed by atoms with E-state index >= 15 is 0 Å².